The van der Waals surface area contributed by atoms with E-state index in [2.05, 4.69) is 56.3 Å². The molecule has 34 heavy (non-hydrogen) atoms. The first-order chi connectivity index (χ1) is 16.8. The van der Waals surface area contributed by atoms with Crippen molar-refractivity contribution in [2.75, 3.05) is 37.6 Å². The summed E-state index contributed by atoms with van der Waals surface area (Å²) in [6.45, 7) is 5.53. The van der Waals surface area contributed by atoms with Crippen molar-refractivity contribution in [2.45, 2.75) is 29.2 Å². The van der Waals surface area contributed by atoms with E-state index in [1.54, 1.807) is 11.8 Å². The van der Waals surface area contributed by atoms with Crippen molar-refractivity contribution in [3.63, 3.8) is 0 Å². The summed E-state index contributed by atoms with van der Waals surface area (Å²) in [6.07, 6.45) is 7.36. The van der Waals surface area contributed by atoms with E-state index in [0.29, 0.717) is 0 Å². The molecule has 0 saturated carbocycles. The maximum Gasteiger partial charge on any atom is 0.101 e. The largest absolute Gasteiger partial charge is 0.369 e. The van der Waals surface area contributed by atoms with Gasteiger partial charge in [0.1, 0.15) is 5.03 Å². The molecule has 1 N–H and O–H groups in total. The molecule has 0 spiro atoms. The number of fused-ring (bicyclic) bond motifs is 1. The average Bonchev–Trinajstić information content (AvgIpc) is 3.30. The number of nitrogens with zero attached hydrogens (tertiary/aromatic N) is 4. The van der Waals surface area contributed by atoms with Crippen molar-refractivity contribution >= 4 is 28.4 Å². The lowest BCUT2D eigenvalue weighted by Crippen LogP contribution is -2.46. The predicted molar refractivity (Wildman–Crippen MR) is 139 cm³/mol. The van der Waals surface area contributed by atoms with Gasteiger partial charge in [0.2, 0.25) is 0 Å². The third-order valence-electron chi connectivity index (χ3n) is 6.50. The Morgan fingerprint density at radius 1 is 0.971 bits per heavy atom. The zero-order valence-electron chi connectivity index (χ0n) is 19.3. The zero-order chi connectivity index (χ0) is 23.2. The minimum absolute atomic E-state index is 0.729. The van der Waals surface area contributed by atoms with Gasteiger partial charge in [0.25, 0.3) is 0 Å². The van der Waals surface area contributed by atoms with Crippen LogP contribution in [0.2, 0.25) is 0 Å². The van der Waals surface area contributed by atoms with E-state index < -0.39 is 0 Å². The van der Waals surface area contributed by atoms with Crippen molar-refractivity contribution in [2.24, 2.45) is 0 Å². The van der Waals surface area contributed by atoms with Gasteiger partial charge >= 0.3 is 0 Å². The predicted octanol–water partition coefficient (Wildman–Crippen LogP) is 5.73. The van der Waals surface area contributed by atoms with Gasteiger partial charge in [-0.1, -0.05) is 17.8 Å². The Hall–Kier alpha value is -3.27. The molecule has 0 aliphatic carbocycles. The second-order valence-electron chi connectivity index (χ2n) is 8.74. The molecule has 0 unspecified atom stereocenters. The summed E-state index contributed by atoms with van der Waals surface area (Å²) in [5.74, 6) is 0. The van der Waals surface area contributed by atoms with Crippen molar-refractivity contribution in [3.8, 4) is 6.07 Å². The molecular formula is C28H29N5S. The summed E-state index contributed by atoms with van der Waals surface area (Å²) in [5.41, 5.74) is 4.48. The summed E-state index contributed by atoms with van der Waals surface area (Å²) in [5, 5.41) is 11.4. The number of nitriles is 1. The molecule has 4 aromatic rings. The molecule has 0 radical (unpaired) electrons. The van der Waals surface area contributed by atoms with E-state index in [1.807, 2.05) is 42.6 Å². The Morgan fingerprint density at radius 2 is 1.82 bits per heavy atom. The molecule has 1 aliphatic rings. The molecular weight excluding hydrogens is 438 g/mol. The topological polar surface area (TPSA) is 59.0 Å². The van der Waals surface area contributed by atoms with E-state index in [-0.39, 0.29) is 0 Å². The number of rotatable bonds is 8. The molecule has 5 rings (SSSR count). The molecule has 172 valence electrons. The van der Waals surface area contributed by atoms with Gasteiger partial charge in [0.05, 0.1) is 11.6 Å². The summed E-state index contributed by atoms with van der Waals surface area (Å²) in [7, 11) is 0. The molecule has 2 aromatic carbocycles. The SMILES string of the molecule is N#Cc1ccc2[nH]cc(CCCCN3CCN(c4ccc(Sc5ccccn5)cc4)CC3)c2c1. The molecule has 0 amide bonds. The molecule has 5 nitrogen and oxygen atoms in total. The van der Waals surface area contributed by atoms with E-state index in [9.17, 15) is 0 Å². The summed E-state index contributed by atoms with van der Waals surface area (Å²) in [4.78, 5) is 14.0. The number of hydrogen-bond acceptors (Lipinski definition) is 5. The number of unbranched alkanes of at least 4 members (excludes halogenated alkanes) is 1. The minimum Gasteiger partial charge on any atom is -0.369 e. The summed E-state index contributed by atoms with van der Waals surface area (Å²) >= 11 is 1.70. The minimum atomic E-state index is 0.729. The Balaban J connectivity index is 1.05. The highest BCUT2D eigenvalue weighted by Crippen LogP contribution is 2.28. The highest BCUT2D eigenvalue weighted by molar-refractivity contribution is 7.99. The van der Waals surface area contributed by atoms with Crippen molar-refractivity contribution in [1.29, 1.82) is 5.26 Å². The smallest absolute Gasteiger partial charge is 0.101 e. The average molecular weight is 468 g/mol. The molecule has 6 heteroatoms. The zero-order valence-corrected chi connectivity index (χ0v) is 20.1. The number of aromatic nitrogens is 2. The fourth-order valence-corrected chi connectivity index (χ4v) is 5.36. The fraction of sp³-hybridized carbons (Fsp3) is 0.286. The molecule has 0 bridgehead atoms. The first kappa shape index (κ1) is 22.5. The van der Waals surface area contributed by atoms with Gasteiger partial charge in [-0.2, -0.15) is 5.26 Å². The first-order valence-corrected chi connectivity index (χ1v) is 12.8. The normalized spacial score (nSPS) is 14.4. The van der Waals surface area contributed by atoms with Gasteiger partial charge in [-0.25, -0.2) is 4.98 Å². The monoisotopic (exact) mass is 467 g/mol. The third kappa shape index (κ3) is 5.44. The molecule has 2 aromatic heterocycles. The number of piperazine rings is 1. The first-order valence-electron chi connectivity index (χ1n) is 11.9. The van der Waals surface area contributed by atoms with Crippen LogP contribution < -0.4 is 4.90 Å². The third-order valence-corrected chi connectivity index (χ3v) is 7.46. The highest BCUT2D eigenvalue weighted by atomic mass is 32.2. The second kappa shape index (κ2) is 10.8. The lowest BCUT2D eigenvalue weighted by atomic mass is 10.1. The highest BCUT2D eigenvalue weighted by Gasteiger charge is 2.17. The number of nitrogens with one attached hydrogen (secondary N) is 1. The fourth-order valence-electron chi connectivity index (χ4n) is 4.59. The van der Waals surface area contributed by atoms with Crippen LogP contribution in [0.5, 0.6) is 0 Å². The van der Waals surface area contributed by atoms with Crippen LogP contribution in [0.15, 0.2) is 83.0 Å². The number of anilines is 1. The number of aromatic amines is 1. The number of aryl methyl sites for hydroxylation is 1. The van der Waals surface area contributed by atoms with Crippen LogP contribution in [-0.4, -0.2) is 47.6 Å². The Kier molecular flexibility index (Phi) is 7.13. The van der Waals surface area contributed by atoms with Gasteiger partial charge < -0.3 is 9.88 Å². The Labute approximate surface area is 205 Å². The molecule has 3 heterocycles. The number of benzene rings is 2. The van der Waals surface area contributed by atoms with Crippen LogP contribution >= 0.6 is 11.8 Å². The van der Waals surface area contributed by atoms with E-state index >= 15 is 0 Å². The number of pyridine rings is 1. The lowest BCUT2D eigenvalue weighted by Gasteiger charge is -2.36. The molecule has 0 atom stereocenters. The Morgan fingerprint density at radius 3 is 2.59 bits per heavy atom. The van der Waals surface area contributed by atoms with Crippen LogP contribution in [0.4, 0.5) is 5.69 Å². The molecule has 1 aliphatic heterocycles. The summed E-state index contributed by atoms with van der Waals surface area (Å²) < 4.78 is 0. The van der Waals surface area contributed by atoms with Crippen LogP contribution in [0.25, 0.3) is 10.9 Å². The maximum absolute atomic E-state index is 9.17. The van der Waals surface area contributed by atoms with Crippen LogP contribution in [0.1, 0.15) is 24.0 Å². The maximum atomic E-state index is 9.17. The van der Waals surface area contributed by atoms with Crippen LogP contribution in [0, 0.1) is 11.3 Å². The van der Waals surface area contributed by atoms with Crippen LogP contribution in [-0.2, 0) is 6.42 Å². The lowest BCUT2D eigenvalue weighted by molar-refractivity contribution is 0.253. The van der Waals surface area contributed by atoms with Crippen molar-refractivity contribution < 1.29 is 0 Å². The number of hydrogen-bond donors (Lipinski definition) is 1. The van der Waals surface area contributed by atoms with Crippen molar-refractivity contribution in [3.05, 3.63) is 84.2 Å². The van der Waals surface area contributed by atoms with Gasteiger partial charge in [-0.3, -0.25) is 4.90 Å². The number of H-pyrrole nitrogens is 1. The van der Waals surface area contributed by atoms with E-state index in [1.165, 1.54) is 34.4 Å². The van der Waals surface area contributed by atoms with Gasteiger partial charge in [0, 0.05) is 60.1 Å². The summed E-state index contributed by atoms with van der Waals surface area (Å²) in [6, 6.07) is 23.0. The van der Waals surface area contributed by atoms with Crippen molar-refractivity contribution in [1.82, 2.24) is 14.9 Å². The van der Waals surface area contributed by atoms with Gasteiger partial charge in [-0.15, -0.1) is 0 Å². The molecule has 1 saturated heterocycles. The second-order valence-corrected chi connectivity index (χ2v) is 9.83. The Bertz CT molecular complexity index is 1250. The quantitative estimate of drug-likeness (QED) is 0.335. The van der Waals surface area contributed by atoms with Gasteiger partial charge in [-0.05, 0) is 86.0 Å². The van der Waals surface area contributed by atoms with Gasteiger partial charge in [0.15, 0.2) is 0 Å². The molecule has 1 fully saturated rings. The standard InChI is InChI=1S/C28H29N5S/c29-20-22-7-12-27-26(19-22)23(21-31-27)5-2-4-14-32-15-17-33(18-16-32)24-8-10-25(11-9-24)34-28-6-1-3-13-30-28/h1,3,6-13,19,21,31H,2,4-5,14-18H2. The van der Waals surface area contributed by atoms with E-state index in [4.69, 9.17) is 5.26 Å². The van der Waals surface area contributed by atoms with E-state index in [0.717, 1.165) is 55.3 Å². The van der Waals surface area contributed by atoms with Crippen LogP contribution in [0.3, 0.4) is 0 Å².